The van der Waals surface area contributed by atoms with Gasteiger partial charge in [0.15, 0.2) is 0 Å². The largest absolute Gasteiger partial charge is 0.345 e. The third-order valence-corrected chi connectivity index (χ3v) is 9.45. The first kappa shape index (κ1) is 27.4. The summed E-state index contributed by atoms with van der Waals surface area (Å²) in [5, 5.41) is 12.4. The van der Waals surface area contributed by atoms with Crippen molar-refractivity contribution in [1.82, 2.24) is 15.1 Å². The third-order valence-electron chi connectivity index (χ3n) is 9.14. The number of aryl methyl sites for hydroxylation is 1. The van der Waals surface area contributed by atoms with E-state index in [1.807, 2.05) is 47.4 Å². The second-order valence-corrected chi connectivity index (χ2v) is 12.0. The van der Waals surface area contributed by atoms with Crippen LogP contribution in [0.4, 0.5) is 4.39 Å². The molecule has 1 N–H and O–H groups in total. The zero-order valence-electron chi connectivity index (χ0n) is 22.8. The van der Waals surface area contributed by atoms with E-state index in [0.29, 0.717) is 12.0 Å². The van der Waals surface area contributed by atoms with Crippen molar-refractivity contribution in [2.45, 2.75) is 44.7 Å². The Morgan fingerprint density at radius 2 is 1.83 bits per heavy atom. The molecule has 0 radical (unpaired) electrons. The average molecular weight is 571 g/mol. The molecule has 1 aliphatic carbocycles. The second kappa shape index (κ2) is 11.3. The van der Waals surface area contributed by atoms with Crippen LogP contribution in [0.1, 0.15) is 74.7 Å². The number of carbonyl (C=O) groups excluding carboxylic acids is 2. The molecule has 0 bridgehead atoms. The van der Waals surface area contributed by atoms with Gasteiger partial charge >= 0.3 is 0 Å². The predicted octanol–water partition coefficient (Wildman–Crippen LogP) is 5.90. The summed E-state index contributed by atoms with van der Waals surface area (Å²) < 4.78 is 14.3. The van der Waals surface area contributed by atoms with Crippen molar-refractivity contribution in [3.63, 3.8) is 0 Å². The number of benzene rings is 3. The molecule has 2 fully saturated rings. The number of nitrogens with zero attached hydrogens (tertiary/aromatic N) is 3. The second-order valence-electron chi connectivity index (χ2n) is 11.6. The van der Waals surface area contributed by atoms with E-state index in [9.17, 15) is 19.2 Å². The molecule has 210 valence electrons. The van der Waals surface area contributed by atoms with Gasteiger partial charge in [0.2, 0.25) is 0 Å². The highest BCUT2D eigenvalue weighted by atomic mass is 35.5. The van der Waals surface area contributed by atoms with E-state index < -0.39 is 11.7 Å². The molecule has 1 unspecified atom stereocenters. The number of amides is 2. The van der Waals surface area contributed by atoms with Crippen molar-refractivity contribution in [2.24, 2.45) is 5.41 Å². The van der Waals surface area contributed by atoms with Crippen LogP contribution in [0.5, 0.6) is 0 Å². The highest BCUT2D eigenvalue weighted by Crippen LogP contribution is 2.41. The number of nitrogens with one attached hydrogen (secondary N) is 1. The quantitative estimate of drug-likeness (QED) is 0.415. The molecule has 8 heteroatoms. The SMILES string of the molecule is N#Cc1ccccc1CN1CCC2(CC1)CCN(C(=O)c1ccc3c(c1)C(NC(=O)c1c(F)cccc1Cl)CC3)C2. The monoisotopic (exact) mass is 570 g/mol. The number of carbonyl (C=O) groups is 2. The van der Waals surface area contributed by atoms with Crippen molar-refractivity contribution >= 4 is 23.4 Å². The molecule has 3 aromatic carbocycles. The summed E-state index contributed by atoms with van der Waals surface area (Å²) in [6.45, 7) is 4.16. The van der Waals surface area contributed by atoms with E-state index in [2.05, 4.69) is 16.3 Å². The van der Waals surface area contributed by atoms with Crippen molar-refractivity contribution < 1.29 is 14.0 Å². The molecule has 0 saturated carbocycles. The van der Waals surface area contributed by atoms with Crippen LogP contribution in [0.2, 0.25) is 5.02 Å². The van der Waals surface area contributed by atoms with Crippen LogP contribution >= 0.6 is 11.6 Å². The lowest BCUT2D eigenvalue weighted by atomic mass is 9.77. The van der Waals surface area contributed by atoms with Crippen LogP contribution < -0.4 is 5.32 Å². The van der Waals surface area contributed by atoms with Gasteiger partial charge in [0.05, 0.1) is 28.3 Å². The van der Waals surface area contributed by atoms with E-state index in [1.54, 1.807) is 0 Å². The summed E-state index contributed by atoms with van der Waals surface area (Å²) in [7, 11) is 0. The number of hydrogen-bond acceptors (Lipinski definition) is 4. The smallest absolute Gasteiger partial charge is 0.256 e. The van der Waals surface area contributed by atoms with Gasteiger partial charge in [-0.1, -0.05) is 41.9 Å². The minimum absolute atomic E-state index is 0.0178. The summed E-state index contributed by atoms with van der Waals surface area (Å²) in [5.41, 5.74) is 4.41. The van der Waals surface area contributed by atoms with Gasteiger partial charge in [-0.3, -0.25) is 14.5 Å². The number of fused-ring (bicyclic) bond motifs is 1. The van der Waals surface area contributed by atoms with Gasteiger partial charge in [0, 0.05) is 25.2 Å². The van der Waals surface area contributed by atoms with Crippen LogP contribution in [-0.2, 0) is 13.0 Å². The Morgan fingerprint density at radius 1 is 1.05 bits per heavy atom. The van der Waals surface area contributed by atoms with E-state index >= 15 is 0 Å². The number of likely N-dealkylation sites (tertiary alicyclic amines) is 2. The minimum Gasteiger partial charge on any atom is -0.345 e. The summed E-state index contributed by atoms with van der Waals surface area (Å²) in [6, 6.07) is 19.7. The molecular formula is C33H32ClFN4O2. The first-order valence-corrected chi connectivity index (χ1v) is 14.6. The van der Waals surface area contributed by atoms with Gasteiger partial charge < -0.3 is 10.2 Å². The first-order valence-electron chi connectivity index (χ1n) is 14.2. The van der Waals surface area contributed by atoms with Crippen LogP contribution in [0.25, 0.3) is 0 Å². The maximum atomic E-state index is 14.3. The summed E-state index contributed by atoms with van der Waals surface area (Å²) >= 11 is 6.10. The topological polar surface area (TPSA) is 76.4 Å². The summed E-state index contributed by atoms with van der Waals surface area (Å²) in [5.74, 6) is -1.19. The molecule has 3 aromatic rings. The fourth-order valence-electron chi connectivity index (χ4n) is 6.72. The van der Waals surface area contributed by atoms with Crippen molar-refractivity contribution in [1.29, 1.82) is 5.26 Å². The molecule has 2 aliphatic heterocycles. The Morgan fingerprint density at radius 3 is 2.61 bits per heavy atom. The highest BCUT2D eigenvalue weighted by molar-refractivity contribution is 6.33. The molecule has 6 nitrogen and oxygen atoms in total. The molecule has 0 aromatic heterocycles. The molecule has 1 atom stereocenters. The van der Waals surface area contributed by atoms with Gasteiger partial charge in [0.1, 0.15) is 5.82 Å². The van der Waals surface area contributed by atoms with Crippen LogP contribution in [0.15, 0.2) is 60.7 Å². The van der Waals surface area contributed by atoms with E-state index in [0.717, 1.165) is 80.7 Å². The minimum atomic E-state index is -0.655. The number of hydrogen-bond donors (Lipinski definition) is 1. The number of rotatable bonds is 5. The van der Waals surface area contributed by atoms with Crippen LogP contribution in [0, 0.1) is 22.6 Å². The Kier molecular flexibility index (Phi) is 7.54. The maximum Gasteiger partial charge on any atom is 0.256 e. The maximum absolute atomic E-state index is 14.3. The molecule has 2 saturated heterocycles. The first-order chi connectivity index (χ1) is 19.9. The molecule has 2 amide bonds. The van der Waals surface area contributed by atoms with Crippen LogP contribution in [0.3, 0.4) is 0 Å². The van der Waals surface area contributed by atoms with Gasteiger partial charge in [-0.15, -0.1) is 0 Å². The molecule has 3 aliphatic rings. The van der Waals surface area contributed by atoms with Crippen molar-refractivity contribution in [3.05, 3.63) is 105 Å². The standard InChI is InChI=1S/C33H32ClFN4O2/c34-27-6-3-7-28(35)30(27)31(40)37-29-11-10-22-8-9-23(18-26(22)29)32(41)39-17-14-33(21-39)12-15-38(16-13-33)20-25-5-2-1-4-24(25)19-36/h1-9,18,29H,10-17,20-21H2,(H,37,40). The van der Waals surface area contributed by atoms with E-state index in [4.69, 9.17) is 11.6 Å². The fourth-order valence-corrected chi connectivity index (χ4v) is 6.97. The number of piperidine rings is 1. The lowest BCUT2D eigenvalue weighted by Crippen LogP contribution is -2.42. The molecule has 2 heterocycles. The number of halogens is 2. The van der Waals surface area contributed by atoms with Gasteiger partial charge in [-0.2, -0.15) is 5.26 Å². The predicted molar refractivity (Wildman–Crippen MR) is 155 cm³/mol. The summed E-state index contributed by atoms with van der Waals surface area (Å²) in [6.07, 6.45) is 4.52. The lowest BCUT2D eigenvalue weighted by molar-refractivity contribution is 0.0713. The zero-order valence-corrected chi connectivity index (χ0v) is 23.6. The Labute approximate surface area is 244 Å². The molecule has 41 heavy (non-hydrogen) atoms. The van der Waals surface area contributed by atoms with Gasteiger partial charge in [0.25, 0.3) is 11.8 Å². The Balaban J connectivity index is 1.09. The Bertz CT molecular complexity index is 1520. The number of nitriles is 1. The Hall–Kier alpha value is -3.73. The van der Waals surface area contributed by atoms with Gasteiger partial charge in [-0.05, 0) is 97.6 Å². The molecular weight excluding hydrogens is 539 g/mol. The van der Waals surface area contributed by atoms with Crippen molar-refractivity contribution in [3.8, 4) is 6.07 Å². The highest BCUT2D eigenvalue weighted by Gasteiger charge is 2.42. The lowest BCUT2D eigenvalue weighted by Gasteiger charge is -2.39. The average Bonchev–Trinajstić information content (AvgIpc) is 3.58. The normalized spacial score (nSPS) is 19.6. The zero-order chi connectivity index (χ0) is 28.6. The molecule has 1 spiro atoms. The van der Waals surface area contributed by atoms with Gasteiger partial charge in [-0.25, -0.2) is 4.39 Å². The van der Waals surface area contributed by atoms with Crippen molar-refractivity contribution in [2.75, 3.05) is 26.2 Å². The van der Waals surface area contributed by atoms with E-state index in [-0.39, 0.29) is 28.0 Å². The molecule has 6 rings (SSSR count). The fraction of sp³-hybridized carbons (Fsp3) is 0.364. The van der Waals surface area contributed by atoms with Crippen LogP contribution in [-0.4, -0.2) is 47.8 Å². The third kappa shape index (κ3) is 5.47. The summed E-state index contributed by atoms with van der Waals surface area (Å²) in [4.78, 5) is 30.9. The van der Waals surface area contributed by atoms with E-state index in [1.165, 1.54) is 18.2 Å².